The fraction of sp³-hybridized carbons (Fsp3) is 0.667. The molecule has 0 radical (unpaired) electrons. The van der Waals surface area contributed by atoms with E-state index in [1.165, 1.54) is 25.8 Å². The minimum Gasteiger partial charge on any atom is -0.480 e. The van der Waals surface area contributed by atoms with Crippen LogP contribution in [0, 0.1) is 5.92 Å². The Morgan fingerprint density at radius 2 is 2.31 bits per heavy atom. The summed E-state index contributed by atoms with van der Waals surface area (Å²) in [6.07, 6.45) is 7.44. The summed E-state index contributed by atoms with van der Waals surface area (Å²) in [5, 5.41) is 3.60. The van der Waals surface area contributed by atoms with Crippen molar-refractivity contribution < 1.29 is 4.74 Å². The average Bonchev–Trinajstić information content (AvgIpc) is 2.40. The van der Waals surface area contributed by atoms with Crippen molar-refractivity contribution in [3.8, 4) is 5.88 Å². The number of piperidine rings is 2. The lowest BCUT2D eigenvalue weighted by molar-refractivity contribution is 0.179. The zero-order valence-electron chi connectivity index (χ0n) is 9.52. The molecule has 4 nitrogen and oxygen atoms in total. The monoisotopic (exact) mass is 219 g/mol. The van der Waals surface area contributed by atoms with E-state index in [2.05, 4.69) is 15.3 Å². The third-order valence-corrected chi connectivity index (χ3v) is 3.85. The molecule has 0 aromatic carbocycles. The number of rotatable bonds is 2. The van der Waals surface area contributed by atoms with Crippen molar-refractivity contribution in [2.45, 2.75) is 31.2 Å². The first-order valence-electron chi connectivity index (χ1n) is 5.96. The quantitative estimate of drug-likeness (QED) is 0.815. The molecule has 3 aliphatic rings. The molecular formula is C12H17N3O. The Labute approximate surface area is 95.4 Å². The molecular weight excluding hydrogens is 202 g/mol. The summed E-state index contributed by atoms with van der Waals surface area (Å²) in [7, 11) is 1.64. The lowest BCUT2D eigenvalue weighted by atomic mass is 9.73. The molecule has 1 saturated carbocycles. The normalized spacial score (nSPS) is 32.7. The van der Waals surface area contributed by atoms with Gasteiger partial charge < -0.3 is 10.1 Å². The molecule has 4 heteroatoms. The first kappa shape index (κ1) is 10.0. The minimum atomic E-state index is 0.523. The van der Waals surface area contributed by atoms with Gasteiger partial charge in [-0.1, -0.05) is 0 Å². The summed E-state index contributed by atoms with van der Waals surface area (Å²) in [4.78, 5) is 8.71. The molecule has 0 spiro atoms. The van der Waals surface area contributed by atoms with E-state index >= 15 is 0 Å². The molecule has 1 aliphatic carbocycles. The van der Waals surface area contributed by atoms with Gasteiger partial charge >= 0.3 is 0 Å². The number of hydrogen-bond donors (Lipinski definition) is 1. The summed E-state index contributed by atoms with van der Waals surface area (Å²) in [6, 6.07) is 0.589. The van der Waals surface area contributed by atoms with Crippen LogP contribution in [-0.4, -0.2) is 29.7 Å². The largest absolute Gasteiger partial charge is 0.480 e. The number of nitrogens with one attached hydrogen (secondary N) is 1. The molecule has 2 bridgehead atoms. The van der Waals surface area contributed by atoms with Crippen LogP contribution in [0.1, 0.15) is 30.9 Å². The van der Waals surface area contributed by atoms with Gasteiger partial charge in [0.2, 0.25) is 5.88 Å². The topological polar surface area (TPSA) is 47.0 Å². The molecule has 0 amide bonds. The Morgan fingerprint density at radius 3 is 2.94 bits per heavy atom. The SMILES string of the molecule is COc1cncc(C2CC3CCC2NC3)n1. The highest BCUT2D eigenvalue weighted by molar-refractivity contribution is 5.16. The van der Waals surface area contributed by atoms with Crippen LogP contribution in [0.15, 0.2) is 12.4 Å². The van der Waals surface area contributed by atoms with E-state index in [0.29, 0.717) is 17.8 Å². The molecule has 1 N–H and O–H groups in total. The lowest BCUT2D eigenvalue weighted by Crippen LogP contribution is -2.49. The van der Waals surface area contributed by atoms with Crippen LogP contribution in [0.2, 0.25) is 0 Å². The summed E-state index contributed by atoms with van der Waals surface area (Å²) in [5.41, 5.74) is 1.08. The maximum atomic E-state index is 5.13. The van der Waals surface area contributed by atoms with Crippen LogP contribution < -0.4 is 10.1 Å². The summed E-state index contributed by atoms with van der Waals surface area (Å²) >= 11 is 0. The van der Waals surface area contributed by atoms with Gasteiger partial charge in [0.1, 0.15) is 0 Å². The van der Waals surface area contributed by atoms with E-state index in [1.54, 1.807) is 13.3 Å². The zero-order valence-corrected chi connectivity index (χ0v) is 9.52. The van der Waals surface area contributed by atoms with Crippen molar-refractivity contribution in [1.82, 2.24) is 15.3 Å². The second-order valence-corrected chi connectivity index (χ2v) is 4.79. The van der Waals surface area contributed by atoms with Crippen LogP contribution in [-0.2, 0) is 0 Å². The molecule has 3 unspecified atom stereocenters. The third-order valence-electron chi connectivity index (χ3n) is 3.85. The second-order valence-electron chi connectivity index (χ2n) is 4.79. The molecule has 16 heavy (non-hydrogen) atoms. The number of nitrogens with zero attached hydrogens (tertiary/aromatic N) is 2. The zero-order chi connectivity index (χ0) is 11.0. The Kier molecular flexibility index (Phi) is 2.52. The van der Waals surface area contributed by atoms with Crippen molar-refractivity contribution >= 4 is 0 Å². The van der Waals surface area contributed by atoms with Crippen LogP contribution >= 0.6 is 0 Å². The summed E-state index contributed by atoms with van der Waals surface area (Å²) in [6.45, 7) is 1.18. The molecule has 2 aliphatic heterocycles. The maximum absolute atomic E-state index is 5.13. The van der Waals surface area contributed by atoms with Gasteiger partial charge in [0, 0.05) is 18.2 Å². The number of aromatic nitrogens is 2. The van der Waals surface area contributed by atoms with Gasteiger partial charge in [-0.15, -0.1) is 0 Å². The first-order chi connectivity index (χ1) is 7.86. The fourth-order valence-corrected chi connectivity index (χ4v) is 2.97. The second kappa shape index (κ2) is 4.01. The first-order valence-corrected chi connectivity index (χ1v) is 5.96. The molecule has 1 aromatic heterocycles. The number of hydrogen-bond acceptors (Lipinski definition) is 4. The predicted octanol–water partition coefficient (Wildman–Crippen LogP) is 1.34. The maximum Gasteiger partial charge on any atom is 0.232 e. The predicted molar refractivity (Wildman–Crippen MR) is 60.5 cm³/mol. The average molecular weight is 219 g/mol. The fourth-order valence-electron chi connectivity index (χ4n) is 2.97. The number of methoxy groups -OCH3 is 1. The van der Waals surface area contributed by atoms with Gasteiger partial charge in [-0.25, -0.2) is 4.98 Å². The van der Waals surface area contributed by atoms with Crippen molar-refractivity contribution in [3.05, 3.63) is 18.1 Å². The van der Waals surface area contributed by atoms with Gasteiger partial charge in [-0.05, 0) is 31.7 Å². The molecule has 1 aromatic rings. The molecule has 2 saturated heterocycles. The van der Waals surface area contributed by atoms with Crippen molar-refractivity contribution in [2.24, 2.45) is 5.92 Å². The highest BCUT2D eigenvalue weighted by atomic mass is 16.5. The standard InChI is InChI=1S/C12H17N3O/c1-16-12-7-13-6-11(15-12)9-4-8-2-3-10(9)14-5-8/h6-10,14H,2-5H2,1H3. The van der Waals surface area contributed by atoms with Crippen molar-refractivity contribution in [2.75, 3.05) is 13.7 Å². The van der Waals surface area contributed by atoms with Gasteiger partial charge in [-0.3, -0.25) is 4.98 Å². The van der Waals surface area contributed by atoms with Gasteiger partial charge in [0.05, 0.1) is 19.0 Å². The van der Waals surface area contributed by atoms with Crippen LogP contribution in [0.25, 0.3) is 0 Å². The third kappa shape index (κ3) is 1.67. The number of ether oxygens (including phenoxy) is 1. The Balaban J connectivity index is 1.86. The molecule has 86 valence electrons. The van der Waals surface area contributed by atoms with Crippen LogP contribution in [0.4, 0.5) is 0 Å². The van der Waals surface area contributed by atoms with Crippen molar-refractivity contribution in [3.63, 3.8) is 0 Å². The highest BCUT2D eigenvalue weighted by Crippen LogP contribution is 2.39. The highest BCUT2D eigenvalue weighted by Gasteiger charge is 2.36. The summed E-state index contributed by atoms with van der Waals surface area (Å²) < 4.78 is 5.13. The Bertz CT molecular complexity index is 374. The van der Waals surface area contributed by atoms with Gasteiger partial charge in [-0.2, -0.15) is 0 Å². The van der Waals surface area contributed by atoms with E-state index in [-0.39, 0.29) is 0 Å². The van der Waals surface area contributed by atoms with Crippen molar-refractivity contribution in [1.29, 1.82) is 0 Å². The molecule has 3 heterocycles. The number of fused-ring (bicyclic) bond motifs is 3. The molecule has 3 atom stereocenters. The van der Waals surface area contributed by atoms with Gasteiger partial charge in [0.15, 0.2) is 0 Å². The lowest BCUT2D eigenvalue weighted by Gasteiger charge is -2.42. The van der Waals surface area contributed by atoms with E-state index < -0.39 is 0 Å². The van der Waals surface area contributed by atoms with E-state index in [0.717, 1.165) is 11.6 Å². The Hall–Kier alpha value is -1.16. The molecule has 4 rings (SSSR count). The summed E-state index contributed by atoms with van der Waals surface area (Å²) in [5.74, 6) is 1.97. The van der Waals surface area contributed by atoms with Gasteiger partial charge in [0.25, 0.3) is 0 Å². The van der Waals surface area contributed by atoms with E-state index in [4.69, 9.17) is 4.74 Å². The molecule has 3 fully saturated rings. The van der Waals surface area contributed by atoms with Crippen LogP contribution in [0.3, 0.4) is 0 Å². The minimum absolute atomic E-state index is 0.523. The Morgan fingerprint density at radius 1 is 1.38 bits per heavy atom. The van der Waals surface area contributed by atoms with E-state index in [9.17, 15) is 0 Å². The van der Waals surface area contributed by atoms with Crippen LogP contribution in [0.5, 0.6) is 5.88 Å². The smallest absolute Gasteiger partial charge is 0.232 e. The van der Waals surface area contributed by atoms with E-state index in [1.807, 2.05) is 6.20 Å².